The zero-order chi connectivity index (χ0) is 52.6. The first-order valence-electron chi connectivity index (χ1n) is 24.2. The van der Waals surface area contributed by atoms with Gasteiger partial charge in [0.05, 0.1) is 65.8 Å². The van der Waals surface area contributed by atoms with Crippen LogP contribution in [0, 0.1) is 27.9 Å². The molecular formula is C48H79N5O17. The van der Waals surface area contributed by atoms with E-state index in [2.05, 4.69) is 16.0 Å². The fourth-order valence-corrected chi connectivity index (χ4v) is 9.95. The van der Waals surface area contributed by atoms with Gasteiger partial charge >= 0.3 is 11.9 Å². The molecule has 0 aliphatic carbocycles. The predicted octanol–water partition coefficient (Wildman–Crippen LogP) is 2.16. The summed E-state index contributed by atoms with van der Waals surface area (Å²) in [6.07, 6.45) is -10.9. The molecule has 3 heterocycles. The van der Waals surface area contributed by atoms with Crippen molar-refractivity contribution in [3.05, 3.63) is 34.4 Å². The molecule has 3 fully saturated rings. The van der Waals surface area contributed by atoms with Crippen molar-refractivity contribution in [1.82, 2.24) is 15.5 Å². The van der Waals surface area contributed by atoms with Crippen LogP contribution in [0.3, 0.4) is 0 Å². The Morgan fingerprint density at radius 1 is 0.957 bits per heavy atom. The molecule has 1 aromatic carbocycles. The number of hydrogen-bond donors (Lipinski definition) is 7. The molecule has 22 nitrogen and oxygen atoms in total. The second kappa shape index (κ2) is 24.7. The lowest BCUT2D eigenvalue weighted by molar-refractivity contribution is -0.384. The van der Waals surface area contributed by atoms with Crippen LogP contribution in [0.5, 0.6) is 0 Å². The molecule has 7 N–H and O–H groups in total. The standard InChI is InChI=1S/C48H79N5O17/c1-14-34-48(10,61)40(57)29(6)43(58)50-25(2)22-46(8,60)41(70-45-38(56)33(52(11)12)21-26(3)65-45)27(4)39(28(5)44(59)67-34)69-37-23-47(9,64-13)42(30(7)66-37)68-36(55)19-20-49-24-35(54)51-31-15-17-32(18-16-31)53(62)63/h15-18,25-30,33-34,37-42,45,49,56-57,60-61H,14,19-24H2,1-13H3,(H,50,58)(H,51,54)/t25-,26-,27+,28-,29-,30+,33+,34-,37+,38-,39+,40-,41-,42+,45+,46-,47-,48-/m1/s1. The van der Waals surface area contributed by atoms with Gasteiger partial charge in [0.2, 0.25) is 11.8 Å². The Morgan fingerprint density at radius 2 is 1.60 bits per heavy atom. The number of rotatable bonds is 15. The largest absolute Gasteiger partial charge is 0.459 e. The van der Waals surface area contributed by atoms with Crippen molar-refractivity contribution < 1.29 is 77.7 Å². The van der Waals surface area contributed by atoms with Crippen LogP contribution in [0.4, 0.5) is 11.4 Å². The average Bonchev–Trinajstić information content (AvgIpc) is 3.28. The van der Waals surface area contributed by atoms with Crippen molar-refractivity contribution >= 4 is 35.1 Å². The van der Waals surface area contributed by atoms with Crippen LogP contribution < -0.4 is 16.0 Å². The Labute approximate surface area is 410 Å². The maximum atomic E-state index is 14.4. The molecule has 0 unspecified atom stereocenters. The lowest BCUT2D eigenvalue weighted by atomic mass is 9.78. The maximum absolute atomic E-state index is 14.4. The summed E-state index contributed by atoms with van der Waals surface area (Å²) in [4.78, 5) is 66.0. The van der Waals surface area contributed by atoms with Crippen molar-refractivity contribution in [3.63, 3.8) is 0 Å². The zero-order valence-corrected chi connectivity index (χ0v) is 42.9. The quantitative estimate of drug-likeness (QED) is 0.0573. The van der Waals surface area contributed by atoms with Crippen molar-refractivity contribution in [2.45, 2.75) is 192 Å². The van der Waals surface area contributed by atoms with Gasteiger partial charge in [-0.2, -0.15) is 0 Å². The molecular weight excluding hydrogens is 919 g/mol. The molecule has 0 saturated carbocycles. The van der Waals surface area contributed by atoms with Gasteiger partial charge in [-0.1, -0.05) is 20.8 Å². The fourth-order valence-electron chi connectivity index (χ4n) is 9.95. The Hall–Kier alpha value is -3.94. The highest BCUT2D eigenvalue weighted by Gasteiger charge is 2.54. The number of non-ortho nitro benzene ring substituents is 1. The third kappa shape index (κ3) is 14.6. The first-order valence-corrected chi connectivity index (χ1v) is 24.2. The monoisotopic (exact) mass is 998 g/mol. The summed E-state index contributed by atoms with van der Waals surface area (Å²) in [5, 5.41) is 66.6. The minimum Gasteiger partial charge on any atom is -0.459 e. The van der Waals surface area contributed by atoms with Gasteiger partial charge in [0.1, 0.15) is 23.4 Å². The Morgan fingerprint density at radius 3 is 2.19 bits per heavy atom. The number of nitro groups is 1. The lowest BCUT2D eigenvalue weighted by Gasteiger charge is -2.49. The van der Waals surface area contributed by atoms with Gasteiger partial charge in [-0.15, -0.1) is 0 Å². The van der Waals surface area contributed by atoms with E-state index in [1.54, 1.807) is 41.5 Å². The number of ether oxygens (including phenoxy) is 7. The smallest absolute Gasteiger partial charge is 0.311 e. The van der Waals surface area contributed by atoms with Crippen LogP contribution >= 0.6 is 0 Å². The van der Waals surface area contributed by atoms with Crippen LogP contribution in [0.2, 0.25) is 0 Å². The van der Waals surface area contributed by atoms with Crippen LogP contribution in [0.1, 0.15) is 101 Å². The third-order valence-electron chi connectivity index (χ3n) is 14.1. The first kappa shape index (κ1) is 58.6. The predicted molar refractivity (Wildman–Crippen MR) is 253 cm³/mol. The van der Waals surface area contributed by atoms with Crippen molar-refractivity contribution in [3.8, 4) is 0 Å². The number of carbonyl (C=O) groups is 4. The van der Waals surface area contributed by atoms with Crippen molar-refractivity contribution in [2.75, 3.05) is 39.6 Å². The van der Waals surface area contributed by atoms with Gasteiger partial charge in [-0.05, 0) is 94.0 Å². The molecule has 398 valence electrons. The Kier molecular flexibility index (Phi) is 20.7. The van der Waals surface area contributed by atoms with E-state index < -0.39 is 125 Å². The molecule has 0 aromatic heterocycles. The van der Waals surface area contributed by atoms with E-state index in [1.165, 1.54) is 52.1 Å². The Balaban J connectivity index is 1.61. The summed E-state index contributed by atoms with van der Waals surface area (Å²) in [5.41, 5.74) is -4.90. The molecule has 2 amide bonds. The number of nitrogens with zero attached hydrogens (tertiary/aromatic N) is 2. The second-order valence-electron chi connectivity index (χ2n) is 20.3. The zero-order valence-electron chi connectivity index (χ0n) is 42.9. The van der Waals surface area contributed by atoms with Crippen LogP contribution in [-0.2, 0) is 52.3 Å². The number of methoxy groups -OCH3 is 1. The molecule has 18 atom stereocenters. The number of benzene rings is 1. The van der Waals surface area contributed by atoms with E-state index in [0.717, 1.165) is 0 Å². The van der Waals surface area contributed by atoms with Crippen molar-refractivity contribution in [2.24, 2.45) is 17.8 Å². The fraction of sp³-hybridized carbons (Fsp3) is 0.792. The van der Waals surface area contributed by atoms with E-state index >= 15 is 0 Å². The molecule has 3 aliphatic rings. The number of nitrogens with one attached hydrogen (secondary N) is 3. The minimum absolute atomic E-state index is 0.0360. The van der Waals surface area contributed by atoms with E-state index in [1.807, 2.05) is 25.9 Å². The molecule has 0 bridgehead atoms. The summed E-state index contributed by atoms with van der Waals surface area (Å²) < 4.78 is 44.0. The molecule has 0 spiro atoms. The number of anilines is 1. The number of carbonyl (C=O) groups excluding carboxylic acids is 4. The highest BCUT2D eigenvalue weighted by atomic mass is 16.7. The summed E-state index contributed by atoms with van der Waals surface area (Å²) in [7, 11) is 5.09. The third-order valence-corrected chi connectivity index (χ3v) is 14.1. The highest BCUT2D eigenvalue weighted by molar-refractivity contribution is 5.92. The number of esters is 2. The number of amides is 2. The van der Waals surface area contributed by atoms with Crippen LogP contribution in [0.15, 0.2) is 24.3 Å². The summed E-state index contributed by atoms with van der Waals surface area (Å²) in [6.45, 7) is 16.0. The van der Waals surface area contributed by atoms with E-state index in [-0.39, 0.29) is 56.6 Å². The molecule has 22 heteroatoms. The molecule has 1 aromatic rings. The number of likely N-dealkylation sites (N-methyl/N-ethyl adjacent to an activating group) is 1. The van der Waals surface area contributed by atoms with Gasteiger partial charge in [0.25, 0.3) is 5.69 Å². The molecule has 3 saturated heterocycles. The van der Waals surface area contributed by atoms with Gasteiger partial charge in [-0.25, -0.2) is 0 Å². The second-order valence-corrected chi connectivity index (χ2v) is 20.3. The van der Waals surface area contributed by atoms with Crippen LogP contribution in [-0.4, -0.2) is 179 Å². The molecule has 70 heavy (non-hydrogen) atoms. The molecule has 3 aliphatic heterocycles. The number of aliphatic hydroxyl groups excluding tert-OH is 2. The number of hydrogen-bond acceptors (Lipinski definition) is 19. The lowest BCUT2D eigenvalue weighted by Crippen LogP contribution is -2.61. The van der Waals surface area contributed by atoms with E-state index in [4.69, 9.17) is 33.2 Å². The first-order chi connectivity index (χ1) is 32.6. The SMILES string of the molecule is CC[C@H]1OC(=O)[C@H](C)[C@@H](O[C@H]2C[C@@](C)(OC)[C@@H](OC(=O)CCNCC(=O)Nc3ccc([N+](=O)[O-])cc3)[C@H](C)O2)[C@H](C)[C@@H](O[C@@H]2O[C@H](C)C[C@H](N(C)C)[C@H]2O)[C@](C)(O)C[C@@H](C)NC(=O)[C@H](C)[C@@H](O)[C@]1(C)O. The van der Waals surface area contributed by atoms with Gasteiger partial charge < -0.3 is 74.4 Å². The normalized spacial score (nSPS) is 39.2. The van der Waals surface area contributed by atoms with E-state index in [9.17, 15) is 49.7 Å². The topological polar surface area (TPSA) is 296 Å². The summed E-state index contributed by atoms with van der Waals surface area (Å²) in [5.74, 6) is -5.82. The average molecular weight is 998 g/mol. The number of nitro benzene ring substituents is 1. The summed E-state index contributed by atoms with van der Waals surface area (Å²) >= 11 is 0. The van der Waals surface area contributed by atoms with Gasteiger partial charge in [0.15, 0.2) is 18.7 Å². The Bertz CT molecular complexity index is 1920. The number of aliphatic hydroxyl groups is 4. The van der Waals surface area contributed by atoms with Crippen LogP contribution in [0.25, 0.3) is 0 Å². The highest BCUT2D eigenvalue weighted by Crippen LogP contribution is 2.40. The van der Waals surface area contributed by atoms with E-state index in [0.29, 0.717) is 12.1 Å². The van der Waals surface area contributed by atoms with Gasteiger partial charge in [0, 0.05) is 55.9 Å². The van der Waals surface area contributed by atoms with Gasteiger partial charge in [-0.3, -0.25) is 29.3 Å². The molecule has 4 rings (SSSR count). The van der Waals surface area contributed by atoms with Crippen molar-refractivity contribution in [1.29, 1.82) is 0 Å². The maximum Gasteiger partial charge on any atom is 0.311 e. The number of cyclic esters (lactones) is 1. The molecule has 0 radical (unpaired) electrons. The summed E-state index contributed by atoms with van der Waals surface area (Å²) in [6, 6.07) is 4.23. The minimum atomic E-state index is -2.09.